The van der Waals surface area contributed by atoms with E-state index < -0.39 is 0 Å². The van der Waals surface area contributed by atoms with Crippen molar-refractivity contribution in [3.05, 3.63) is 77.9 Å². The number of oxazole rings is 1. The Kier molecular flexibility index (Phi) is 5.04. The predicted octanol–water partition coefficient (Wildman–Crippen LogP) is 5.88. The fourth-order valence-corrected chi connectivity index (χ4v) is 3.12. The molecule has 0 aliphatic rings. The molecular weight excluding hydrogens is 364 g/mol. The van der Waals surface area contributed by atoms with Crippen molar-refractivity contribution >= 4 is 22.7 Å². The summed E-state index contributed by atoms with van der Waals surface area (Å²) in [6, 6.07) is 20.6. The summed E-state index contributed by atoms with van der Waals surface area (Å²) < 4.78 is 11.1. The van der Waals surface area contributed by atoms with Gasteiger partial charge in [-0.25, -0.2) is 4.98 Å². The van der Waals surface area contributed by atoms with E-state index in [9.17, 15) is 4.79 Å². The van der Waals surface area contributed by atoms with Crippen LogP contribution in [0.15, 0.2) is 71.1 Å². The molecular formula is C24H22N2O3. The lowest BCUT2D eigenvalue weighted by molar-refractivity contribution is 0.102. The van der Waals surface area contributed by atoms with E-state index in [1.54, 1.807) is 31.4 Å². The summed E-state index contributed by atoms with van der Waals surface area (Å²) in [7, 11) is 1.57. The number of amides is 1. The number of nitrogens with zero attached hydrogens (tertiary/aromatic N) is 1. The predicted molar refractivity (Wildman–Crippen MR) is 114 cm³/mol. The van der Waals surface area contributed by atoms with E-state index in [4.69, 9.17) is 9.15 Å². The maximum atomic E-state index is 12.6. The molecule has 0 atom stereocenters. The van der Waals surface area contributed by atoms with Gasteiger partial charge >= 0.3 is 0 Å². The van der Waals surface area contributed by atoms with Crippen LogP contribution in [0.4, 0.5) is 5.69 Å². The number of hydrogen-bond acceptors (Lipinski definition) is 4. The van der Waals surface area contributed by atoms with Crippen molar-refractivity contribution in [2.45, 2.75) is 19.8 Å². The van der Waals surface area contributed by atoms with Gasteiger partial charge in [-0.3, -0.25) is 4.79 Å². The molecule has 0 radical (unpaired) electrons. The number of fused-ring (bicyclic) bond motifs is 1. The largest absolute Gasteiger partial charge is 0.497 e. The second-order valence-electron chi connectivity index (χ2n) is 7.17. The van der Waals surface area contributed by atoms with Crippen molar-refractivity contribution < 1.29 is 13.9 Å². The Morgan fingerprint density at radius 2 is 1.86 bits per heavy atom. The Balaban J connectivity index is 1.60. The fourth-order valence-electron chi connectivity index (χ4n) is 3.12. The first kappa shape index (κ1) is 18.7. The van der Waals surface area contributed by atoms with Crippen LogP contribution in [-0.2, 0) is 0 Å². The quantitative estimate of drug-likeness (QED) is 0.465. The zero-order valence-electron chi connectivity index (χ0n) is 16.6. The van der Waals surface area contributed by atoms with Crippen LogP contribution >= 0.6 is 0 Å². The molecule has 0 aliphatic carbocycles. The fraction of sp³-hybridized carbons (Fsp3) is 0.167. The minimum absolute atomic E-state index is 0.208. The Morgan fingerprint density at radius 3 is 2.66 bits per heavy atom. The molecule has 1 N–H and O–H groups in total. The molecule has 0 bridgehead atoms. The normalized spacial score (nSPS) is 11.0. The van der Waals surface area contributed by atoms with Crippen molar-refractivity contribution in [3.8, 4) is 17.2 Å². The zero-order chi connectivity index (χ0) is 20.4. The molecule has 0 saturated carbocycles. The monoisotopic (exact) mass is 386 g/mol. The first-order chi connectivity index (χ1) is 14.0. The summed E-state index contributed by atoms with van der Waals surface area (Å²) in [5.41, 5.74) is 4.79. The maximum Gasteiger partial charge on any atom is 0.255 e. The van der Waals surface area contributed by atoms with Gasteiger partial charge in [0.1, 0.15) is 11.3 Å². The molecule has 0 saturated heterocycles. The van der Waals surface area contributed by atoms with E-state index in [2.05, 4.69) is 36.3 Å². The third-order valence-corrected chi connectivity index (χ3v) is 4.78. The number of carbonyl (C=O) groups excluding carboxylic acids is 1. The van der Waals surface area contributed by atoms with Crippen LogP contribution in [0.5, 0.6) is 5.75 Å². The number of methoxy groups -OCH3 is 1. The summed E-state index contributed by atoms with van der Waals surface area (Å²) in [4.78, 5) is 17.2. The molecule has 4 rings (SSSR count). The standard InChI is InChI=1S/C24H22N2O3/c1-15(2)16-10-11-22-21(14-16)26-24(29-22)18-7-4-8-19(12-18)25-23(27)17-6-5-9-20(13-17)28-3/h4-15H,1-3H3,(H,25,27). The van der Waals surface area contributed by atoms with E-state index in [1.807, 2.05) is 30.3 Å². The van der Waals surface area contributed by atoms with Crippen LogP contribution in [0.25, 0.3) is 22.6 Å². The molecule has 0 unspecified atom stereocenters. The molecule has 1 aromatic heterocycles. The molecule has 1 heterocycles. The number of ether oxygens (including phenoxy) is 1. The van der Waals surface area contributed by atoms with Crippen LogP contribution in [0, 0.1) is 0 Å². The number of hydrogen-bond donors (Lipinski definition) is 1. The lowest BCUT2D eigenvalue weighted by Gasteiger charge is -2.07. The first-order valence-corrected chi connectivity index (χ1v) is 9.50. The van der Waals surface area contributed by atoms with Crippen LogP contribution in [0.2, 0.25) is 0 Å². The Morgan fingerprint density at radius 1 is 1.03 bits per heavy atom. The molecule has 1 amide bonds. The lowest BCUT2D eigenvalue weighted by atomic mass is 10.0. The van der Waals surface area contributed by atoms with Gasteiger partial charge in [0.15, 0.2) is 5.58 Å². The summed E-state index contributed by atoms with van der Waals surface area (Å²) in [5.74, 6) is 1.38. The summed E-state index contributed by atoms with van der Waals surface area (Å²) in [6.07, 6.45) is 0. The van der Waals surface area contributed by atoms with Gasteiger partial charge in [0.05, 0.1) is 7.11 Å². The third-order valence-electron chi connectivity index (χ3n) is 4.78. The van der Waals surface area contributed by atoms with Gasteiger partial charge in [0.25, 0.3) is 5.91 Å². The number of benzene rings is 3. The molecule has 0 aliphatic heterocycles. The highest BCUT2D eigenvalue weighted by atomic mass is 16.5. The number of rotatable bonds is 5. The Labute approximate surface area is 169 Å². The summed E-state index contributed by atoms with van der Waals surface area (Å²) in [5, 5.41) is 2.91. The van der Waals surface area contributed by atoms with Crippen molar-refractivity contribution in [1.29, 1.82) is 0 Å². The molecule has 5 nitrogen and oxygen atoms in total. The second kappa shape index (κ2) is 7.80. The average Bonchev–Trinajstić information content (AvgIpc) is 3.17. The minimum Gasteiger partial charge on any atom is -0.497 e. The minimum atomic E-state index is -0.208. The first-order valence-electron chi connectivity index (χ1n) is 9.50. The Bertz CT molecular complexity index is 1180. The Hall–Kier alpha value is -3.60. The number of carbonyl (C=O) groups is 1. The number of nitrogens with one attached hydrogen (secondary N) is 1. The van der Waals surface area contributed by atoms with Gasteiger partial charge in [0, 0.05) is 16.8 Å². The third kappa shape index (κ3) is 3.99. The van der Waals surface area contributed by atoms with Crippen LogP contribution in [-0.4, -0.2) is 18.0 Å². The average molecular weight is 386 g/mol. The van der Waals surface area contributed by atoms with Gasteiger partial charge in [-0.2, -0.15) is 0 Å². The topological polar surface area (TPSA) is 64.4 Å². The van der Waals surface area contributed by atoms with Gasteiger partial charge in [-0.15, -0.1) is 0 Å². The van der Waals surface area contributed by atoms with Crippen LogP contribution in [0.3, 0.4) is 0 Å². The van der Waals surface area contributed by atoms with E-state index in [1.165, 1.54) is 5.56 Å². The highest BCUT2D eigenvalue weighted by Crippen LogP contribution is 2.28. The summed E-state index contributed by atoms with van der Waals surface area (Å²) in [6.45, 7) is 4.30. The molecule has 4 aromatic rings. The van der Waals surface area contributed by atoms with E-state index in [-0.39, 0.29) is 5.91 Å². The highest BCUT2D eigenvalue weighted by Gasteiger charge is 2.12. The zero-order valence-corrected chi connectivity index (χ0v) is 16.6. The van der Waals surface area contributed by atoms with Gasteiger partial charge in [-0.1, -0.05) is 32.0 Å². The molecule has 0 spiro atoms. The highest BCUT2D eigenvalue weighted by molar-refractivity contribution is 6.04. The summed E-state index contributed by atoms with van der Waals surface area (Å²) >= 11 is 0. The molecule has 3 aromatic carbocycles. The SMILES string of the molecule is COc1cccc(C(=O)Nc2cccc(-c3nc4cc(C(C)C)ccc4o3)c2)c1. The maximum absolute atomic E-state index is 12.6. The van der Waals surface area contributed by atoms with E-state index in [0.717, 1.165) is 16.7 Å². The lowest BCUT2D eigenvalue weighted by Crippen LogP contribution is -2.11. The van der Waals surface area contributed by atoms with E-state index in [0.29, 0.717) is 28.8 Å². The molecule has 0 fully saturated rings. The second-order valence-corrected chi connectivity index (χ2v) is 7.17. The van der Waals surface area contributed by atoms with Crippen LogP contribution < -0.4 is 10.1 Å². The number of aromatic nitrogens is 1. The molecule has 5 heteroatoms. The van der Waals surface area contributed by atoms with Crippen molar-refractivity contribution in [1.82, 2.24) is 4.98 Å². The van der Waals surface area contributed by atoms with Gasteiger partial charge < -0.3 is 14.5 Å². The van der Waals surface area contributed by atoms with Crippen LogP contribution in [0.1, 0.15) is 35.7 Å². The molecule has 146 valence electrons. The van der Waals surface area contributed by atoms with Gasteiger partial charge in [-0.05, 0) is 60.0 Å². The van der Waals surface area contributed by atoms with Gasteiger partial charge in [0.2, 0.25) is 5.89 Å². The van der Waals surface area contributed by atoms with E-state index >= 15 is 0 Å². The molecule has 29 heavy (non-hydrogen) atoms. The van der Waals surface area contributed by atoms with Crippen molar-refractivity contribution in [2.24, 2.45) is 0 Å². The number of anilines is 1. The smallest absolute Gasteiger partial charge is 0.255 e. The van der Waals surface area contributed by atoms with Crippen molar-refractivity contribution in [2.75, 3.05) is 12.4 Å². The van der Waals surface area contributed by atoms with Crippen molar-refractivity contribution in [3.63, 3.8) is 0 Å².